The minimum absolute atomic E-state index is 0.764. The molecule has 2 bridgehead atoms. The van der Waals surface area contributed by atoms with Crippen LogP contribution in [0, 0.1) is 29.1 Å². The highest BCUT2D eigenvalue weighted by Gasteiger charge is 2.39. The van der Waals surface area contributed by atoms with Gasteiger partial charge in [-0.15, -0.1) is 0 Å². The van der Waals surface area contributed by atoms with E-state index in [9.17, 15) is 0 Å². The summed E-state index contributed by atoms with van der Waals surface area (Å²) in [5.41, 5.74) is 1.99. The molecule has 4 rings (SSSR count). The molecule has 1 heterocycles. The Labute approximate surface area is 113 Å². The summed E-state index contributed by atoms with van der Waals surface area (Å²) in [7, 11) is 0. The number of nitrogens with zero attached hydrogens (tertiary/aromatic N) is 2. The Morgan fingerprint density at radius 3 is 2.89 bits per heavy atom. The fourth-order valence-electron chi connectivity index (χ4n) is 4.27. The van der Waals surface area contributed by atoms with Crippen molar-refractivity contribution >= 4 is 10.9 Å². The van der Waals surface area contributed by atoms with E-state index in [4.69, 9.17) is 5.26 Å². The van der Waals surface area contributed by atoms with Crippen LogP contribution in [-0.2, 0) is 6.54 Å². The van der Waals surface area contributed by atoms with Crippen LogP contribution < -0.4 is 0 Å². The standard InChI is InChI=1S/C17H18N2/c18-10-13-2-3-14-5-6-19(17(14)9-13)11-16-8-12-1-4-15(16)7-12/h2-3,5-6,9,12,15-16H,1,4,7-8,11H2. The Hall–Kier alpha value is -1.75. The molecule has 3 unspecified atom stereocenters. The summed E-state index contributed by atoms with van der Waals surface area (Å²) in [5.74, 6) is 2.83. The number of hydrogen-bond acceptors (Lipinski definition) is 1. The van der Waals surface area contributed by atoms with Gasteiger partial charge in [-0.3, -0.25) is 0 Å². The molecule has 1 aromatic carbocycles. The first kappa shape index (κ1) is 11.1. The molecule has 1 aromatic heterocycles. The molecule has 0 spiro atoms. The lowest BCUT2D eigenvalue weighted by Gasteiger charge is -2.22. The monoisotopic (exact) mass is 250 g/mol. The van der Waals surface area contributed by atoms with Crippen LogP contribution in [0.4, 0.5) is 0 Å². The van der Waals surface area contributed by atoms with Crippen molar-refractivity contribution in [2.75, 3.05) is 0 Å². The Bertz CT molecular complexity index is 661. The molecule has 96 valence electrons. The van der Waals surface area contributed by atoms with E-state index in [1.807, 2.05) is 12.1 Å². The maximum Gasteiger partial charge on any atom is 0.0992 e. The number of aromatic nitrogens is 1. The molecular weight excluding hydrogens is 232 g/mol. The first-order valence-electron chi connectivity index (χ1n) is 7.32. The van der Waals surface area contributed by atoms with Gasteiger partial charge in [0.05, 0.1) is 11.6 Å². The molecule has 2 nitrogen and oxygen atoms in total. The van der Waals surface area contributed by atoms with Gasteiger partial charge in [0.1, 0.15) is 0 Å². The van der Waals surface area contributed by atoms with Crippen molar-refractivity contribution in [3.05, 3.63) is 36.0 Å². The van der Waals surface area contributed by atoms with E-state index in [-0.39, 0.29) is 0 Å². The van der Waals surface area contributed by atoms with E-state index in [2.05, 4.69) is 29.0 Å². The van der Waals surface area contributed by atoms with Crippen LogP contribution in [0.2, 0.25) is 0 Å². The second-order valence-electron chi connectivity index (χ2n) is 6.29. The summed E-state index contributed by atoms with van der Waals surface area (Å²) in [5, 5.41) is 10.3. The predicted molar refractivity (Wildman–Crippen MR) is 75.6 cm³/mol. The summed E-state index contributed by atoms with van der Waals surface area (Å²) in [6.45, 7) is 1.14. The summed E-state index contributed by atoms with van der Waals surface area (Å²) >= 11 is 0. The number of benzene rings is 1. The second kappa shape index (κ2) is 4.13. The molecule has 2 aromatic rings. The fourth-order valence-corrected chi connectivity index (χ4v) is 4.27. The van der Waals surface area contributed by atoms with Crippen LogP contribution in [-0.4, -0.2) is 4.57 Å². The van der Waals surface area contributed by atoms with E-state index in [1.54, 1.807) is 0 Å². The fraction of sp³-hybridized carbons (Fsp3) is 0.471. The van der Waals surface area contributed by atoms with Crippen molar-refractivity contribution in [3.8, 4) is 6.07 Å². The lowest BCUT2D eigenvalue weighted by Crippen LogP contribution is -2.16. The molecule has 19 heavy (non-hydrogen) atoms. The average molecular weight is 250 g/mol. The van der Waals surface area contributed by atoms with Crippen molar-refractivity contribution in [1.29, 1.82) is 5.26 Å². The van der Waals surface area contributed by atoms with Gasteiger partial charge in [0, 0.05) is 18.3 Å². The molecule has 2 heteroatoms. The van der Waals surface area contributed by atoms with Gasteiger partial charge in [-0.05, 0) is 60.6 Å². The molecular formula is C17H18N2. The minimum atomic E-state index is 0.764. The number of fused-ring (bicyclic) bond motifs is 3. The molecule has 0 amide bonds. The predicted octanol–water partition coefficient (Wildman–Crippen LogP) is 3.95. The number of rotatable bonds is 2. The second-order valence-corrected chi connectivity index (χ2v) is 6.29. The first-order chi connectivity index (χ1) is 9.33. The Balaban J connectivity index is 1.66. The minimum Gasteiger partial charge on any atom is -0.347 e. The normalized spacial score (nSPS) is 28.9. The summed E-state index contributed by atoms with van der Waals surface area (Å²) < 4.78 is 2.36. The van der Waals surface area contributed by atoms with E-state index >= 15 is 0 Å². The molecule has 0 aliphatic heterocycles. The SMILES string of the molecule is N#Cc1ccc2ccn(CC3CC4CCC3C4)c2c1. The van der Waals surface area contributed by atoms with E-state index in [0.717, 1.165) is 29.9 Å². The number of hydrogen-bond donors (Lipinski definition) is 0. The molecule has 3 atom stereocenters. The van der Waals surface area contributed by atoms with Crippen molar-refractivity contribution in [3.63, 3.8) is 0 Å². The molecule has 2 fully saturated rings. The maximum atomic E-state index is 9.04. The molecule has 0 N–H and O–H groups in total. The van der Waals surface area contributed by atoms with E-state index in [1.165, 1.54) is 36.6 Å². The zero-order valence-electron chi connectivity index (χ0n) is 11.0. The van der Waals surface area contributed by atoms with Gasteiger partial charge in [-0.1, -0.05) is 12.5 Å². The lowest BCUT2D eigenvalue weighted by atomic mass is 9.89. The third-order valence-corrected chi connectivity index (χ3v) is 5.22. The molecule has 0 saturated heterocycles. The van der Waals surface area contributed by atoms with Gasteiger partial charge in [0.25, 0.3) is 0 Å². The molecule has 2 saturated carbocycles. The molecule has 2 aliphatic carbocycles. The first-order valence-corrected chi connectivity index (χ1v) is 7.32. The lowest BCUT2D eigenvalue weighted by molar-refractivity contribution is 0.299. The Kier molecular flexibility index (Phi) is 2.41. The van der Waals surface area contributed by atoms with E-state index < -0.39 is 0 Å². The van der Waals surface area contributed by atoms with Crippen LogP contribution in [0.1, 0.15) is 31.2 Å². The van der Waals surface area contributed by atoms with Crippen LogP contribution >= 0.6 is 0 Å². The molecule has 2 aliphatic rings. The van der Waals surface area contributed by atoms with Crippen molar-refractivity contribution in [1.82, 2.24) is 4.57 Å². The topological polar surface area (TPSA) is 28.7 Å². The van der Waals surface area contributed by atoms with Crippen molar-refractivity contribution in [2.24, 2.45) is 17.8 Å². The summed E-state index contributed by atoms with van der Waals surface area (Å²) in [4.78, 5) is 0. The van der Waals surface area contributed by atoms with Crippen LogP contribution in [0.25, 0.3) is 10.9 Å². The van der Waals surface area contributed by atoms with Crippen LogP contribution in [0.5, 0.6) is 0 Å². The zero-order valence-corrected chi connectivity index (χ0v) is 11.0. The van der Waals surface area contributed by atoms with Gasteiger partial charge in [-0.25, -0.2) is 0 Å². The number of nitriles is 1. The van der Waals surface area contributed by atoms with Crippen molar-refractivity contribution < 1.29 is 0 Å². The summed E-state index contributed by atoms with van der Waals surface area (Å²) in [6.07, 6.45) is 7.98. The van der Waals surface area contributed by atoms with Gasteiger partial charge in [0.2, 0.25) is 0 Å². The Morgan fingerprint density at radius 2 is 2.16 bits per heavy atom. The Morgan fingerprint density at radius 1 is 1.21 bits per heavy atom. The highest BCUT2D eigenvalue weighted by atomic mass is 15.0. The molecule has 0 radical (unpaired) electrons. The average Bonchev–Trinajstić information content (AvgIpc) is 3.14. The third kappa shape index (κ3) is 1.76. The highest BCUT2D eigenvalue weighted by molar-refractivity contribution is 5.81. The van der Waals surface area contributed by atoms with Gasteiger partial charge in [0.15, 0.2) is 0 Å². The highest BCUT2D eigenvalue weighted by Crippen LogP contribution is 2.49. The van der Waals surface area contributed by atoms with E-state index in [0.29, 0.717) is 0 Å². The maximum absolute atomic E-state index is 9.04. The quantitative estimate of drug-likeness (QED) is 0.793. The van der Waals surface area contributed by atoms with Crippen molar-refractivity contribution in [2.45, 2.75) is 32.2 Å². The summed E-state index contributed by atoms with van der Waals surface area (Å²) in [6, 6.07) is 10.4. The van der Waals surface area contributed by atoms with Gasteiger partial charge >= 0.3 is 0 Å². The van der Waals surface area contributed by atoms with Crippen LogP contribution in [0.15, 0.2) is 30.5 Å². The van der Waals surface area contributed by atoms with Gasteiger partial charge in [-0.2, -0.15) is 5.26 Å². The largest absolute Gasteiger partial charge is 0.347 e. The van der Waals surface area contributed by atoms with Crippen LogP contribution in [0.3, 0.4) is 0 Å². The van der Waals surface area contributed by atoms with Gasteiger partial charge < -0.3 is 4.57 Å². The third-order valence-electron chi connectivity index (χ3n) is 5.22. The smallest absolute Gasteiger partial charge is 0.0992 e. The zero-order chi connectivity index (χ0) is 12.8.